The van der Waals surface area contributed by atoms with Gasteiger partial charge in [-0.25, -0.2) is 19.3 Å². The van der Waals surface area contributed by atoms with Gasteiger partial charge in [-0.1, -0.05) is 66.7 Å². The lowest BCUT2D eigenvalue weighted by Crippen LogP contribution is -2.22. The first kappa shape index (κ1) is 19.7. The van der Waals surface area contributed by atoms with Crippen molar-refractivity contribution in [1.82, 2.24) is 19.6 Å². The quantitative estimate of drug-likeness (QED) is 0.319. The largest absolute Gasteiger partial charge is 0.437 e. The highest BCUT2D eigenvalue weighted by atomic mass is 16.5. The van der Waals surface area contributed by atoms with Crippen molar-refractivity contribution in [2.45, 2.75) is 12.8 Å². The van der Waals surface area contributed by atoms with Crippen LogP contribution in [0.2, 0.25) is 0 Å². The summed E-state index contributed by atoms with van der Waals surface area (Å²) in [7, 11) is 0. The van der Waals surface area contributed by atoms with E-state index in [2.05, 4.69) is 4.98 Å². The lowest BCUT2D eigenvalue weighted by molar-refractivity contribution is 0.422. The van der Waals surface area contributed by atoms with Gasteiger partial charge in [0.05, 0.1) is 22.4 Å². The van der Waals surface area contributed by atoms with Crippen LogP contribution in [-0.2, 0) is 0 Å². The fourth-order valence-corrected chi connectivity index (χ4v) is 4.85. The van der Waals surface area contributed by atoms with E-state index in [4.69, 9.17) is 19.2 Å². The molecule has 1 atom stereocenters. The average Bonchev–Trinajstić information content (AvgIpc) is 3.33. The van der Waals surface area contributed by atoms with Gasteiger partial charge < -0.3 is 9.15 Å². The molecule has 6 aromatic rings. The number of ether oxygens (including phenoxy) is 1. The van der Waals surface area contributed by atoms with Gasteiger partial charge in [0, 0.05) is 5.56 Å². The number of hydrogen-bond acceptors (Lipinski definition) is 6. The molecule has 7 rings (SSSR count). The maximum atomic E-state index is 13.4. The van der Waals surface area contributed by atoms with E-state index in [-0.39, 0.29) is 0 Å². The topological polar surface area (TPSA) is 82.5 Å². The molecule has 0 aliphatic carbocycles. The standard InChI is InChI=1S/C28H18N4O3/c1-16-9-5-6-12-18(16)25-30-26-23-21(17-10-3-2-4-11-17)22-24(35-27(23)29-15-32(26)31-25)19-13-7-8-14-20(19)34-28(22)33/h2-15,21H,1H3. The van der Waals surface area contributed by atoms with Crippen LogP contribution in [-0.4, -0.2) is 19.6 Å². The first-order chi connectivity index (χ1) is 17.2. The third kappa shape index (κ3) is 2.91. The highest BCUT2D eigenvalue weighted by Gasteiger charge is 2.37. The molecule has 0 N–H and O–H groups in total. The predicted octanol–water partition coefficient (Wildman–Crippen LogP) is 5.49. The molecule has 4 heterocycles. The van der Waals surface area contributed by atoms with Crippen molar-refractivity contribution in [3.63, 3.8) is 0 Å². The number of rotatable bonds is 2. The molecule has 35 heavy (non-hydrogen) atoms. The molecule has 0 saturated heterocycles. The van der Waals surface area contributed by atoms with Gasteiger partial charge in [0.2, 0.25) is 5.88 Å². The van der Waals surface area contributed by atoms with Crippen LogP contribution < -0.4 is 10.4 Å². The van der Waals surface area contributed by atoms with Crippen LogP contribution in [0.4, 0.5) is 0 Å². The lowest BCUT2D eigenvalue weighted by Gasteiger charge is -2.27. The molecule has 0 fully saturated rings. The minimum Gasteiger partial charge on any atom is -0.437 e. The van der Waals surface area contributed by atoms with Crippen molar-refractivity contribution in [3.8, 4) is 23.0 Å². The summed E-state index contributed by atoms with van der Waals surface area (Å²) in [6.45, 7) is 2.02. The molecule has 1 aliphatic rings. The van der Waals surface area contributed by atoms with Crippen LogP contribution >= 0.6 is 0 Å². The van der Waals surface area contributed by atoms with Crippen molar-refractivity contribution in [3.05, 3.63) is 118 Å². The van der Waals surface area contributed by atoms with Gasteiger partial charge in [-0.05, 0) is 30.2 Å². The summed E-state index contributed by atoms with van der Waals surface area (Å²) in [6.07, 6.45) is 1.60. The zero-order valence-electron chi connectivity index (χ0n) is 18.7. The zero-order chi connectivity index (χ0) is 23.5. The monoisotopic (exact) mass is 458 g/mol. The van der Waals surface area contributed by atoms with Gasteiger partial charge in [0.1, 0.15) is 11.9 Å². The predicted molar refractivity (Wildman–Crippen MR) is 131 cm³/mol. The fraction of sp³-hybridized carbons (Fsp3) is 0.0714. The average molecular weight is 458 g/mol. The van der Waals surface area contributed by atoms with Crippen molar-refractivity contribution in [2.24, 2.45) is 0 Å². The van der Waals surface area contributed by atoms with Gasteiger partial charge in [0.25, 0.3) is 0 Å². The van der Waals surface area contributed by atoms with Gasteiger partial charge in [-0.3, -0.25) is 0 Å². The highest BCUT2D eigenvalue weighted by Crippen LogP contribution is 2.48. The number of para-hydroxylation sites is 1. The highest BCUT2D eigenvalue weighted by molar-refractivity contribution is 5.87. The van der Waals surface area contributed by atoms with E-state index in [1.54, 1.807) is 16.9 Å². The molecular weight excluding hydrogens is 440 g/mol. The van der Waals surface area contributed by atoms with E-state index in [1.807, 2.05) is 79.7 Å². The van der Waals surface area contributed by atoms with Crippen molar-refractivity contribution < 1.29 is 9.15 Å². The van der Waals surface area contributed by atoms with Gasteiger partial charge in [0.15, 0.2) is 17.2 Å². The smallest absolute Gasteiger partial charge is 0.344 e. The number of aryl methyl sites for hydroxylation is 1. The maximum absolute atomic E-state index is 13.4. The summed E-state index contributed by atoms with van der Waals surface area (Å²) < 4.78 is 13.7. The van der Waals surface area contributed by atoms with Crippen LogP contribution in [0.3, 0.4) is 0 Å². The Hall–Kier alpha value is -4.78. The Bertz CT molecular complexity index is 1820. The van der Waals surface area contributed by atoms with Crippen LogP contribution in [0.15, 0.2) is 94.4 Å². The third-order valence-corrected chi connectivity index (χ3v) is 6.48. The van der Waals surface area contributed by atoms with Crippen molar-refractivity contribution in [2.75, 3.05) is 0 Å². The van der Waals surface area contributed by atoms with Crippen LogP contribution in [0.25, 0.3) is 28.0 Å². The van der Waals surface area contributed by atoms with E-state index in [0.717, 1.165) is 22.1 Å². The Morgan fingerprint density at radius 2 is 1.66 bits per heavy atom. The molecule has 1 aliphatic heterocycles. The second kappa shape index (κ2) is 7.36. The van der Waals surface area contributed by atoms with Gasteiger partial charge >= 0.3 is 5.63 Å². The summed E-state index contributed by atoms with van der Waals surface area (Å²) in [5, 5.41) is 5.41. The summed E-state index contributed by atoms with van der Waals surface area (Å²) >= 11 is 0. The number of benzene rings is 3. The van der Waals surface area contributed by atoms with E-state index < -0.39 is 11.5 Å². The number of nitrogens with zero attached hydrogens (tertiary/aromatic N) is 4. The lowest BCUT2D eigenvalue weighted by atomic mass is 9.84. The minimum atomic E-state index is -0.485. The molecule has 7 heteroatoms. The molecule has 3 aromatic heterocycles. The first-order valence-corrected chi connectivity index (χ1v) is 11.3. The number of fused-ring (bicyclic) bond motifs is 6. The van der Waals surface area contributed by atoms with Crippen molar-refractivity contribution >= 4 is 16.6 Å². The van der Waals surface area contributed by atoms with Crippen LogP contribution in [0.5, 0.6) is 11.6 Å². The molecule has 168 valence electrons. The minimum absolute atomic E-state index is 0.401. The van der Waals surface area contributed by atoms with E-state index >= 15 is 0 Å². The summed E-state index contributed by atoms with van der Waals surface area (Å²) in [4.78, 5) is 22.9. The van der Waals surface area contributed by atoms with Gasteiger partial charge in [-0.15, -0.1) is 5.10 Å². The Morgan fingerprint density at radius 1 is 0.886 bits per heavy atom. The molecule has 0 bridgehead atoms. The SMILES string of the molecule is Cc1ccccc1-c1nc2c3c(ncn2n1)Oc1c(c(=O)oc2ccccc12)C3c1ccccc1. The maximum Gasteiger partial charge on any atom is 0.344 e. The molecule has 0 radical (unpaired) electrons. The van der Waals surface area contributed by atoms with Crippen molar-refractivity contribution in [1.29, 1.82) is 0 Å². The zero-order valence-corrected chi connectivity index (χ0v) is 18.7. The molecule has 1 unspecified atom stereocenters. The Kier molecular flexibility index (Phi) is 4.14. The molecule has 0 saturated carbocycles. The third-order valence-electron chi connectivity index (χ3n) is 6.48. The van der Waals surface area contributed by atoms with Crippen LogP contribution in [0, 0.1) is 6.92 Å². The summed E-state index contributed by atoms with van der Waals surface area (Å²) in [6, 6.07) is 25.1. The Morgan fingerprint density at radius 3 is 2.51 bits per heavy atom. The van der Waals surface area contributed by atoms with Gasteiger partial charge in [-0.2, -0.15) is 0 Å². The molecule has 7 nitrogen and oxygen atoms in total. The molecule has 0 spiro atoms. The fourth-order valence-electron chi connectivity index (χ4n) is 4.85. The summed E-state index contributed by atoms with van der Waals surface area (Å²) in [5.41, 5.74) is 4.63. The van der Waals surface area contributed by atoms with E-state index in [9.17, 15) is 4.79 Å². The normalized spacial score (nSPS) is 14.5. The number of hydrogen-bond donors (Lipinski definition) is 0. The molecule has 0 amide bonds. The van der Waals surface area contributed by atoms with Crippen LogP contribution in [0.1, 0.15) is 28.2 Å². The van der Waals surface area contributed by atoms with E-state index in [0.29, 0.717) is 39.8 Å². The second-order valence-corrected chi connectivity index (χ2v) is 8.56. The Labute approximate surface area is 199 Å². The second-order valence-electron chi connectivity index (χ2n) is 8.56. The number of aromatic nitrogens is 4. The van der Waals surface area contributed by atoms with E-state index in [1.165, 1.54) is 0 Å². The molecular formula is C28H18N4O3. The Balaban J connectivity index is 1.56. The summed E-state index contributed by atoms with van der Waals surface area (Å²) in [5.74, 6) is 0.967. The first-order valence-electron chi connectivity index (χ1n) is 11.3. The molecule has 3 aromatic carbocycles.